The van der Waals surface area contributed by atoms with Crippen LogP contribution in [0.1, 0.15) is 12.5 Å². The van der Waals surface area contributed by atoms with Crippen LogP contribution in [-0.2, 0) is 11.3 Å². The van der Waals surface area contributed by atoms with Crippen molar-refractivity contribution >= 4 is 12.0 Å². The van der Waals surface area contributed by atoms with Crippen molar-refractivity contribution in [3.8, 4) is 5.75 Å². The zero-order chi connectivity index (χ0) is 14.4. The minimum Gasteiger partial charge on any atom is -0.497 e. The molecule has 6 nitrogen and oxygen atoms in total. The molecule has 0 aliphatic rings. The molecule has 2 N–H and O–H groups in total. The molecule has 0 saturated carbocycles. The van der Waals surface area contributed by atoms with Crippen LogP contribution in [-0.4, -0.2) is 42.2 Å². The van der Waals surface area contributed by atoms with Gasteiger partial charge in [0.05, 0.1) is 7.11 Å². The quantitative estimate of drug-likeness (QED) is 0.842. The minimum atomic E-state index is -1.07. The molecule has 0 aliphatic heterocycles. The largest absolute Gasteiger partial charge is 0.497 e. The first kappa shape index (κ1) is 14.8. The number of benzene rings is 1. The van der Waals surface area contributed by atoms with Gasteiger partial charge in [-0.3, -0.25) is 4.79 Å². The van der Waals surface area contributed by atoms with E-state index in [0.29, 0.717) is 12.3 Å². The molecule has 104 valence electrons. The molecule has 19 heavy (non-hydrogen) atoms. The van der Waals surface area contributed by atoms with Gasteiger partial charge in [0.25, 0.3) is 0 Å². The van der Waals surface area contributed by atoms with E-state index in [2.05, 4.69) is 5.32 Å². The van der Waals surface area contributed by atoms with Crippen LogP contribution in [0.2, 0.25) is 0 Å². The van der Waals surface area contributed by atoms with Crippen molar-refractivity contribution < 1.29 is 19.4 Å². The third-order valence-electron chi connectivity index (χ3n) is 2.61. The van der Waals surface area contributed by atoms with E-state index in [9.17, 15) is 9.59 Å². The van der Waals surface area contributed by atoms with E-state index in [0.717, 1.165) is 5.56 Å². The van der Waals surface area contributed by atoms with E-state index < -0.39 is 18.0 Å². The predicted octanol–water partition coefficient (Wildman–Crippen LogP) is 1.31. The third-order valence-corrected chi connectivity index (χ3v) is 2.61. The summed E-state index contributed by atoms with van der Waals surface area (Å²) in [6.07, 6.45) is 0. The average Bonchev–Trinajstić information content (AvgIpc) is 2.38. The normalized spacial score (nSPS) is 11.5. The molecular weight excluding hydrogens is 248 g/mol. The van der Waals surface area contributed by atoms with Crippen LogP contribution in [0.25, 0.3) is 0 Å². The van der Waals surface area contributed by atoms with E-state index >= 15 is 0 Å². The predicted molar refractivity (Wildman–Crippen MR) is 70.1 cm³/mol. The number of carbonyl (C=O) groups excluding carboxylic acids is 1. The van der Waals surface area contributed by atoms with E-state index in [1.165, 1.54) is 11.8 Å². The summed E-state index contributed by atoms with van der Waals surface area (Å²) < 4.78 is 5.10. The van der Waals surface area contributed by atoms with Gasteiger partial charge in [-0.1, -0.05) is 12.1 Å². The standard InChI is InChI=1S/C13H18N2O4/c1-9(12(16)17)14-13(18)15(2)8-10-5-4-6-11(7-10)19-3/h4-7,9H,8H2,1-3H3,(H,14,18)(H,16,17)/t9-/m1/s1. The van der Waals surface area contributed by atoms with E-state index in [1.807, 2.05) is 24.3 Å². The molecule has 0 aliphatic carbocycles. The zero-order valence-corrected chi connectivity index (χ0v) is 11.2. The number of methoxy groups -OCH3 is 1. The van der Waals surface area contributed by atoms with Crippen molar-refractivity contribution in [2.24, 2.45) is 0 Å². The Morgan fingerprint density at radius 3 is 2.74 bits per heavy atom. The number of urea groups is 1. The molecular formula is C13H18N2O4. The fraction of sp³-hybridized carbons (Fsp3) is 0.385. The van der Waals surface area contributed by atoms with Gasteiger partial charge in [0.2, 0.25) is 0 Å². The second-order valence-electron chi connectivity index (χ2n) is 4.22. The lowest BCUT2D eigenvalue weighted by Gasteiger charge is -2.20. The minimum absolute atomic E-state index is 0.370. The fourth-order valence-electron chi connectivity index (χ4n) is 1.47. The van der Waals surface area contributed by atoms with Crippen molar-refractivity contribution in [1.82, 2.24) is 10.2 Å². The summed E-state index contributed by atoms with van der Waals surface area (Å²) in [7, 11) is 3.17. The molecule has 1 atom stereocenters. The van der Waals surface area contributed by atoms with Gasteiger partial charge in [-0.25, -0.2) is 4.79 Å². The van der Waals surface area contributed by atoms with E-state index in [4.69, 9.17) is 9.84 Å². The summed E-state index contributed by atoms with van der Waals surface area (Å²) in [5.41, 5.74) is 0.903. The first-order chi connectivity index (χ1) is 8.93. The van der Waals surface area contributed by atoms with E-state index in [1.54, 1.807) is 14.2 Å². The number of nitrogens with one attached hydrogen (secondary N) is 1. The Hall–Kier alpha value is -2.24. The SMILES string of the molecule is COc1cccc(CN(C)C(=O)N[C@H](C)C(=O)O)c1. The molecule has 0 fully saturated rings. The molecule has 6 heteroatoms. The highest BCUT2D eigenvalue weighted by atomic mass is 16.5. The average molecular weight is 266 g/mol. The molecule has 1 aromatic carbocycles. The van der Waals surface area contributed by atoms with Crippen LogP contribution < -0.4 is 10.1 Å². The number of carboxylic acids is 1. The van der Waals surface area contributed by atoms with Crippen LogP contribution >= 0.6 is 0 Å². The highest BCUT2D eigenvalue weighted by Crippen LogP contribution is 2.13. The van der Waals surface area contributed by atoms with Gasteiger partial charge in [-0.05, 0) is 24.6 Å². The Labute approximate surface area is 112 Å². The highest BCUT2D eigenvalue weighted by molar-refractivity contribution is 5.82. The molecule has 0 saturated heterocycles. The second kappa shape index (κ2) is 6.63. The smallest absolute Gasteiger partial charge is 0.325 e. The van der Waals surface area contributed by atoms with Gasteiger partial charge in [-0.2, -0.15) is 0 Å². The first-order valence-electron chi connectivity index (χ1n) is 5.81. The Balaban J connectivity index is 2.60. The molecule has 0 radical (unpaired) electrons. The summed E-state index contributed by atoms with van der Waals surface area (Å²) in [5.74, 6) is -0.353. The molecule has 0 unspecified atom stereocenters. The van der Waals surface area contributed by atoms with Crippen LogP contribution in [0.15, 0.2) is 24.3 Å². The number of amides is 2. The Kier molecular flexibility index (Phi) is 5.17. The molecule has 0 spiro atoms. The monoisotopic (exact) mass is 266 g/mol. The summed E-state index contributed by atoms with van der Waals surface area (Å²) in [6, 6.07) is 5.99. The highest BCUT2D eigenvalue weighted by Gasteiger charge is 2.16. The molecule has 0 aromatic heterocycles. The van der Waals surface area contributed by atoms with Crippen LogP contribution in [0, 0.1) is 0 Å². The van der Waals surface area contributed by atoms with Crippen LogP contribution in [0.5, 0.6) is 5.75 Å². The van der Waals surface area contributed by atoms with Gasteiger partial charge in [0.1, 0.15) is 11.8 Å². The summed E-state index contributed by atoms with van der Waals surface area (Å²) in [6.45, 7) is 1.79. The van der Waals surface area contributed by atoms with Gasteiger partial charge in [0.15, 0.2) is 0 Å². The Morgan fingerprint density at radius 2 is 2.16 bits per heavy atom. The number of carboxylic acid groups (broad SMARTS) is 1. The number of ether oxygens (including phenoxy) is 1. The molecule has 1 aromatic rings. The zero-order valence-electron chi connectivity index (χ0n) is 11.2. The first-order valence-corrected chi connectivity index (χ1v) is 5.81. The maximum atomic E-state index is 11.7. The van der Waals surface area contributed by atoms with Crippen molar-refractivity contribution in [2.75, 3.05) is 14.2 Å². The van der Waals surface area contributed by atoms with Gasteiger partial charge in [-0.15, -0.1) is 0 Å². The maximum absolute atomic E-state index is 11.7. The summed E-state index contributed by atoms with van der Waals surface area (Å²) in [5, 5.41) is 11.1. The number of nitrogens with zero attached hydrogens (tertiary/aromatic N) is 1. The second-order valence-corrected chi connectivity index (χ2v) is 4.22. The van der Waals surface area contributed by atoms with Gasteiger partial charge >= 0.3 is 12.0 Å². The molecule has 2 amide bonds. The number of rotatable bonds is 5. The number of aliphatic carboxylic acids is 1. The molecule has 1 rings (SSSR count). The lowest BCUT2D eigenvalue weighted by atomic mass is 10.2. The van der Waals surface area contributed by atoms with Crippen molar-refractivity contribution in [3.63, 3.8) is 0 Å². The fourth-order valence-corrected chi connectivity index (χ4v) is 1.47. The Bertz CT molecular complexity index is 462. The lowest BCUT2D eigenvalue weighted by Crippen LogP contribution is -2.44. The van der Waals surface area contributed by atoms with Crippen molar-refractivity contribution in [1.29, 1.82) is 0 Å². The van der Waals surface area contributed by atoms with Crippen molar-refractivity contribution in [2.45, 2.75) is 19.5 Å². The van der Waals surface area contributed by atoms with Crippen LogP contribution in [0.3, 0.4) is 0 Å². The molecule has 0 heterocycles. The number of carbonyl (C=O) groups is 2. The Morgan fingerprint density at radius 1 is 1.47 bits per heavy atom. The van der Waals surface area contributed by atoms with Crippen LogP contribution in [0.4, 0.5) is 4.79 Å². The number of hydrogen-bond acceptors (Lipinski definition) is 3. The number of hydrogen-bond donors (Lipinski definition) is 2. The van der Waals surface area contributed by atoms with Gasteiger partial charge < -0.3 is 20.1 Å². The van der Waals surface area contributed by atoms with Gasteiger partial charge in [0, 0.05) is 13.6 Å². The summed E-state index contributed by atoms with van der Waals surface area (Å²) in [4.78, 5) is 23.8. The van der Waals surface area contributed by atoms with Crippen molar-refractivity contribution in [3.05, 3.63) is 29.8 Å². The topological polar surface area (TPSA) is 78.9 Å². The maximum Gasteiger partial charge on any atom is 0.325 e. The van der Waals surface area contributed by atoms with E-state index in [-0.39, 0.29) is 0 Å². The lowest BCUT2D eigenvalue weighted by molar-refractivity contribution is -0.138. The molecule has 0 bridgehead atoms. The third kappa shape index (κ3) is 4.50. The summed E-state index contributed by atoms with van der Waals surface area (Å²) >= 11 is 0.